The zero-order valence-corrected chi connectivity index (χ0v) is 18.8. The molecule has 0 amide bonds. The van der Waals surface area contributed by atoms with Crippen molar-refractivity contribution in [2.75, 3.05) is 12.4 Å². The molecule has 0 spiro atoms. The molecular formula is C29H29NO2. The van der Waals surface area contributed by atoms with E-state index in [1.54, 1.807) is 7.11 Å². The number of Topliss-reactive ketones (excluding diaryl/α,β-unsaturated/α-hetero) is 1. The minimum absolute atomic E-state index is 0.120. The van der Waals surface area contributed by atoms with Crippen molar-refractivity contribution in [1.29, 1.82) is 0 Å². The summed E-state index contributed by atoms with van der Waals surface area (Å²) in [4.78, 5) is 13.3. The predicted molar refractivity (Wildman–Crippen MR) is 133 cm³/mol. The highest BCUT2D eigenvalue weighted by Crippen LogP contribution is 2.28. The van der Waals surface area contributed by atoms with Crippen LogP contribution >= 0.6 is 0 Å². The number of nitrogens with one attached hydrogen (secondary N) is 1. The molecule has 4 aromatic carbocycles. The first kappa shape index (κ1) is 21.6. The summed E-state index contributed by atoms with van der Waals surface area (Å²) < 4.78 is 5.27. The second kappa shape index (κ2) is 9.69. The zero-order valence-electron chi connectivity index (χ0n) is 18.8. The topological polar surface area (TPSA) is 38.3 Å². The number of fused-ring (bicyclic) bond motifs is 1. The highest BCUT2D eigenvalue weighted by Gasteiger charge is 2.18. The number of benzene rings is 4. The maximum atomic E-state index is 13.3. The quantitative estimate of drug-likeness (QED) is 0.300. The van der Waals surface area contributed by atoms with E-state index in [9.17, 15) is 4.79 Å². The maximum absolute atomic E-state index is 13.3. The fraction of sp³-hybridized carbons (Fsp3) is 0.207. The van der Waals surface area contributed by atoms with Crippen molar-refractivity contribution in [3.05, 3.63) is 108 Å². The van der Waals surface area contributed by atoms with Gasteiger partial charge in [-0.05, 0) is 58.1 Å². The Bertz CT molecular complexity index is 1190. The first-order valence-corrected chi connectivity index (χ1v) is 11.1. The van der Waals surface area contributed by atoms with Gasteiger partial charge in [0, 0.05) is 17.7 Å². The average Bonchev–Trinajstić information content (AvgIpc) is 2.83. The van der Waals surface area contributed by atoms with Crippen molar-refractivity contribution in [1.82, 2.24) is 0 Å². The van der Waals surface area contributed by atoms with Gasteiger partial charge in [-0.3, -0.25) is 4.79 Å². The van der Waals surface area contributed by atoms with Crippen molar-refractivity contribution in [3.63, 3.8) is 0 Å². The summed E-state index contributed by atoms with van der Waals surface area (Å²) in [6.45, 7) is 4.37. The monoisotopic (exact) mass is 423 g/mol. The Morgan fingerprint density at radius 3 is 2.12 bits per heavy atom. The molecule has 1 N–H and O–H groups in total. The second-order valence-electron chi connectivity index (χ2n) is 8.44. The van der Waals surface area contributed by atoms with Gasteiger partial charge in [-0.2, -0.15) is 0 Å². The SMILES string of the molecule is COc1ccc(NC(CC(=O)c2ccc3ccccc3c2)c2ccc(C(C)C)cc2)cc1. The molecule has 3 nitrogen and oxygen atoms in total. The van der Waals surface area contributed by atoms with Crippen LogP contribution in [0.15, 0.2) is 91.0 Å². The molecule has 0 aliphatic heterocycles. The molecule has 1 atom stereocenters. The van der Waals surface area contributed by atoms with E-state index in [1.165, 1.54) is 5.56 Å². The van der Waals surface area contributed by atoms with E-state index in [1.807, 2.05) is 60.7 Å². The lowest BCUT2D eigenvalue weighted by molar-refractivity contribution is 0.0976. The lowest BCUT2D eigenvalue weighted by Gasteiger charge is -2.21. The Kier molecular flexibility index (Phi) is 6.55. The molecule has 32 heavy (non-hydrogen) atoms. The second-order valence-corrected chi connectivity index (χ2v) is 8.44. The zero-order chi connectivity index (χ0) is 22.5. The largest absolute Gasteiger partial charge is 0.497 e. The van der Waals surface area contributed by atoms with Crippen LogP contribution in [0.2, 0.25) is 0 Å². The Balaban J connectivity index is 1.61. The molecule has 0 aliphatic rings. The number of hydrogen-bond acceptors (Lipinski definition) is 3. The summed E-state index contributed by atoms with van der Waals surface area (Å²) in [6.07, 6.45) is 0.366. The molecule has 162 valence electrons. The standard InChI is InChI=1S/C29H29NO2/c1-20(2)21-8-11-23(12-9-21)28(30-26-14-16-27(32-3)17-15-26)19-29(31)25-13-10-22-6-4-5-7-24(22)18-25/h4-18,20,28,30H,19H2,1-3H3. The summed E-state index contributed by atoms with van der Waals surface area (Å²) in [5.41, 5.74) is 4.08. The number of ether oxygens (including phenoxy) is 1. The van der Waals surface area contributed by atoms with Crippen LogP contribution in [-0.4, -0.2) is 12.9 Å². The highest BCUT2D eigenvalue weighted by molar-refractivity contribution is 6.00. The summed E-state index contributed by atoms with van der Waals surface area (Å²) in [5.74, 6) is 1.40. The lowest BCUT2D eigenvalue weighted by Crippen LogP contribution is -2.16. The molecule has 0 bridgehead atoms. The Labute approximate surface area is 190 Å². The van der Waals surface area contributed by atoms with E-state index in [2.05, 4.69) is 49.5 Å². The summed E-state index contributed by atoms with van der Waals surface area (Å²) in [5, 5.41) is 5.78. The number of anilines is 1. The van der Waals surface area contributed by atoms with Gasteiger partial charge in [0.1, 0.15) is 5.75 Å². The molecule has 0 radical (unpaired) electrons. The van der Waals surface area contributed by atoms with Crippen molar-refractivity contribution < 1.29 is 9.53 Å². The van der Waals surface area contributed by atoms with Crippen molar-refractivity contribution in [2.24, 2.45) is 0 Å². The third kappa shape index (κ3) is 5.00. The van der Waals surface area contributed by atoms with Gasteiger partial charge in [0.15, 0.2) is 5.78 Å². The number of carbonyl (C=O) groups is 1. The normalized spacial score (nSPS) is 12.0. The molecule has 1 unspecified atom stereocenters. The van der Waals surface area contributed by atoms with Gasteiger partial charge in [0.05, 0.1) is 13.2 Å². The molecule has 0 fully saturated rings. The smallest absolute Gasteiger partial charge is 0.165 e. The Morgan fingerprint density at radius 1 is 0.812 bits per heavy atom. The van der Waals surface area contributed by atoms with Gasteiger partial charge in [-0.15, -0.1) is 0 Å². The van der Waals surface area contributed by atoms with Crippen LogP contribution < -0.4 is 10.1 Å². The van der Waals surface area contributed by atoms with Gasteiger partial charge >= 0.3 is 0 Å². The van der Waals surface area contributed by atoms with Crippen LogP contribution in [-0.2, 0) is 0 Å². The van der Waals surface area contributed by atoms with Crippen molar-refractivity contribution in [3.8, 4) is 5.75 Å². The van der Waals surface area contributed by atoms with Gasteiger partial charge in [-0.25, -0.2) is 0 Å². The Hall–Kier alpha value is -3.59. The molecule has 3 heteroatoms. The van der Waals surface area contributed by atoms with Crippen LogP contribution in [0.5, 0.6) is 5.75 Å². The van der Waals surface area contributed by atoms with Crippen LogP contribution in [0.4, 0.5) is 5.69 Å². The van der Waals surface area contributed by atoms with Crippen LogP contribution in [0.1, 0.15) is 53.7 Å². The van der Waals surface area contributed by atoms with E-state index >= 15 is 0 Å². The first-order valence-electron chi connectivity index (χ1n) is 11.1. The maximum Gasteiger partial charge on any atom is 0.165 e. The number of carbonyl (C=O) groups excluding carboxylic acids is 1. The predicted octanol–water partition coefficient (Wildman–Crippen LogP) is 7.40. The average molecular weight is 424 g/mol. The number of rotatable bonds is 8. The Morgan fingerprint density at radius 2 is 1.47 bits per heavy atom. The molecule has 4 rings (SSSR count). The van der Waals surface area contributed by atoms with Crippen LogP contribution in [0.3, 0.4) is 0 Å². The molecule has 4 aromatic rings. The third-order valence-corrected chi connectivity index (χ3v) is 5.90. The molecule has 0 saturated carbocycles. The molecule has 0 aromatic heterocycles. The highest BCUT2D eigenvalue weighted by atomic mass is 16.5. The number of methoxy groups -OCH3 is 1. The van der Waals surface area contributed by atoms with Crippen LogP contribution in [0, 0.1) is 0 Å². The molecular weight excluding hydrogens is 394 g/mol. The fourth-order valence-corrected chi connectivity index (χ4v) is 3.92. The minimum atomic E-state index is -0.136. The van der Waals surface area contributed by atoms with E-state index < -0.39 is 0 Å². The first-order chi connectivity index (χ1) is 15.5. The summed E-state index contributed by atoms with van der Waals surface area (Å²) in [6, 6.07) is 30.3. The molecule has 0 heterocycles. The van der Waals surface area contributed by atoms with E-state index in [0.717, 1.165) is 33.3 Å². The summed E-state index contributed by atoms with van der Waals surface area (Å²) in [7, 11) is 1.66. The lowest BCUT2D eigenvalue weighted by atomic mass is 9.94. The van der Waals surface area contributed by atoms with Crippen LogP contribution in [0.25, 0.3) is 10.8 Å². The molecule has 0 saturated heterocycles. The van der Waals surface area contributed by atoms with Gasteiger partial charge in [-0.1, -0.05) is 74.5 Å². The van der Waals surface area contributed by atoms with Crippen molar-refractivity contribution >= 4 is 22.2 Å². The van der Waals surface area contributed by atoms with E-state index in [0.29, 0.717) is 12.3 Å². The fourth-order valence-electron chi connectivity index (χ4n) is 3.92. The van der Waals surface area contributed by atoms with Gasteiger partial charge in [0.25, 0.3) is 0 Å². The van der Waals surface area contributed by atoms with E-state index in [4.69, 9.17) is 4.74 Å². The van der Waals surface area contributed by atoms with Gasteiger partial charge in [0.2, 0.25) is 0 Å². The summed E-state index contributed by atoms with van der Waals surface area (Å²) >= 11 is 0. The number of hydrogen-bond donors (Lipinski definition) is 1. The van der Waals surface area contributed by atoms with Crippen molar-refractivity contribution in [2.45, 2.75) is 32.2 Å². The van der Waals surface area contributed by atoms with Gasteiger partial charge < -0.3 is 10.1 Å². The number of ketones is 1. The minimum Gasteiger partial charge on any atom is -0.497 e. The molecule has 0 aliphatic carbocycles. The van der Waals surface area contributed by atoms with E-state index in [-0.39, 0.29) is 11.8 Å². The third-order valence-electron chi connectivity index (χ3n) is 5.90.